The fourth-order valence-corrected chi connectivity index (χ4v) is 1.77. The van der Waals surface area contributed by atoms with Crippen LogP contribution in [0, 0.1) is 6.92 Å². The van der Waals surface area contributed by atoms with Gasteiger partial charge in [0, 0.05) is 25.7 Å². The van der Waals surface area contributed by atoms with Crippen LogP contribution in [0.25, 0.3) is 0 Å². The second-order valence-corrected chi connectivity index (χ2v) is 4.35. The molecule has 0 saturated carbocycles. The number of amides is 2. The summed E-state index contributed by atoms with van der Waals surface area (Å²) in [6.07, 6.45) is 1.31. The van der Waals surface area contributed by atoms with Crippen LogP contribution in [0.3, 0.4) is 0 Å². The van der Waals surface area contributed by atoms with E-state index in [9.17, 15) is 9.59 Å². The van der Waals surface area contributed by atoms with Gasteiger partial charge in [-0.1, -0.05) is 0 Å². The standard InChI is InChI=1S/C12H16N2O4/c1-8-3-4-17-11(8)12(16)13-5-9-6-14(2)10(15)7-18-9/h3-4,9H,5-7H2,1-2H3,(H,13,16)/t9-/m1/s1. The molecular formula is C12H16N2O4. The molecule has 1 aliphatic rings. The molecule has 1 atom stereocenters. The number of carbonyl (C=O) groups is 2. The quantitative estimate of drug-likeness (QED) is 0.832. The number of furan rings is 1. The number of nitrogens with one attached hydrogen (secondary N) is 1. The molecule has 1 aromatic heterocycles. The van der Waals surface area contributed by atoms with Crippen LogP contribution < -0.4 is 5.32 Å². The zero-order valence-corrected chi connectivity index (χ0v) is 10.4. The smallest absolute Gasteiger partial charge is 0.287 e. The Labute approximate surface area is 105 Å². The lowest BCUT2D eigenvalue weighted by Gasteiger charge is -2.29. The maximum absolute atomic E-state index is 11.8. The average Bonchev–Trinajstić information content (AvgIpc) is 2.77. The van der Waals surface area contributed by atoms with Crippen molar-refractivity contribution in [3.8, 4) is 0 Å². The van der Waals surface area contributed by atoms with Gasteiger partial charge >= 0.3 is 0 Å². The van der Waals surface area contributed by atoms with Gasteiger partial charge in [0.25, 0.3) is 5.91 Å². The Morgan fingerprint density at radius 1 is 1.61 bits per heavy atom. The van der Waals surface area contributed by atoms with Gasteiger partial charge in [0.15, 0.2) is 5.76 Å². The fraction of sp³-hybridized carbons (Fsp3) is 0.500. The number of hydrogen-bond donors (Lipinski definition) is 1. The Kier molecular flexibility index (Phi) is 3.66. The molecule has 1 N–H and O–H groups in total. The van der Waals surface area contributed by atoms with Crippen molar-refractivity contribution in [2.75, 3.05) is 26.7 Å². The van der Waals surface area contributed by atoms with Crippen LogP contribution in [0.5, 0.6) is 0 Å². The maximum atomic E-state index is 11.8. The Morgan fingerprint density at radius 3 is 3.00 bits per heavy atom. The number of rotatable bonds is 3. The molecule has 0 unspecified atom stereocenters. The van der Waals surface area contributed by atoms with Crippen LogP contribution in [0.2, 0.25) is 0 Å². The third-order valence-corrected chi connectivity index (χ3v) is 2.90. The number of likely N-dealkylation sites (N-methyl/N-ethyl adjacent to an activating group) is 1. The molecule has 18 heavy (non-hydrogen) atoms. The van der Waals surface area contributed by atoms with E-state index in [-0.39, 0.29) is 24.5 Å². The first kappa shape index (κ1) is 12.6. The molecule has 2 heterocycles. The van der Waals surface area contributed by atoms with E-state index in [2.05, 4.69) is 5.32 Å². The highest BCUT2D eigenvalue weighted by Gasteiger charge is 2.24. The van der Waals surface area contributed by atoms with Crippen LogP contribution in [-0.2, 0) is 9.53 Å². The van der Waals surface area contributed by atoms with Crippen LogP contribution in [0.15, 0.2) is 16.7 Å². The van der Waals surface area contributed by atoms with E-state index in [0.717, 1.165) is 5.56 Å². The largest absolute Gasteiger partial charge is 0.459 e. The topological polar surface area (TPSA) is 71.8 Å². The maximum Gasteiger partial charge on any atom is 0.287 e. The van der Waals surface area contributed by atoms with Gasteiger partial charge in [-0.05, 0) is 13.0 Å². The van der Waals surface area contributed by atoms with Gasteiger partial charge in [-0.2, -0.15) is 0 Å². The van der Waals surface area contributed by atoms with E-state index in [0.29, 0.717) is 18.8 Å². The molecule has 1 aromatic rings. The lowest BCUT2D eigenvalue weighted by molar-refractivity contribution is -0.146. The summed E-state index contributed by atoms with van der Waals surface area (Å²) in [5.74, 6) is 0.00958. The van der Waals surface area contributed by atoms with E-state index >= 15 is 0 Å². The second-order valence-electron chi connectivity index (χ2n) is 4.35. The third kappa shape index (κ3) is 2.70. The molecule has 1 fully saturated rings. The van der Waals surface area contributed by atoms with Crippen molar-refractivity contribution < 1.29 is 18.7 Å². The van der Waals surface area contributed by atoms with Crippen LogP contribution in [0.1, 0.15) is 16.1 Å². The highest BCUT2D eigenvalue weighted by molar-refractivity contribution is 5.92. The number of morpholine rings is 1. The zero-order valence-electron chi connectivity index (χ0n) is 10.4. The molecule has 0 radical (unpaired) electrons. The van der Waals surface area contributed by atoms with Crippen molar-refractivity contribution in [1.82, 2.24) is 10.2 Å². The molecule has 2 amide bonds. The molecule has 6 heteroatoms. The van der Waals surface area contributed by atoms with Gasteiger partial charge in [0.2, 0.25) is 5.91 Å². The summed E-state index contributed by atoms with van der Waals surface area (Å²) in [7, 11) is 1.72. The molecule has 98 valence electrons. The van der Waals surface area contributed by atoms with E-state index in [4.69, 9.17) is 9.15 Å². The second kappa shape index (κ2) is 5.22. The van der Waals surface area contributed by atoms with Crippen LogP contribution in [0.4, 0.5) is 0 Å². The Morgan fingerprint density at radius 2 is 2.39 bits per heavy atom. The number of hydrogen-bond acceptors (Lipinski definition) is 4. The van der Waals surface area contributed by atoms with Gasteiger partial charge in [-0.25, -0.2) is 0 Å². The summed E-state index contributed by atoms with van der Waals surface area (Å²) < 4.78 is 10.4. The van der Waals surface area contributed by atoms with Crippen molar-refractivity contribution in [2.45, 2.75) is 13.0 Å². The molecule has 0 aliphatic carbocycles. The number of ether oxygens (including phenoxy) is 1. The molecule has 0 bridgehead atoms. The number of aryl methyl sites for hydroxylation is 1. The first-order valence-electron chi connectivity index (χ1n) is 5.76. The minimum absolute atomic E-state index is 0.0422. The third-order valence-electron chi connectivity index (χ3n) is 2.90. The predicted molar refractivity (Wildman–Crippen MR) is 63.2 cm³/mol. The van der Waals surface area contributed by atoms with Crippen molar-refractivity contribution in [3.05, 3.63) is 23.7 Å². The summed E-state index contributed by atoms with van der Waals surface area (Å²) in [5.41, 5.74) is 0.796. The van der Waals surface area contributed by atoms with Gasteiger partial charge in [-0.15, -0.1) is 0 Å². The Hall–Kier alpha value is -1.82. The SMILES string of the molecule is Cc1ccoc1C(=O)NC[C@@H]1CN(C)C(=O)CO1. The summed E-state index contributed by atoms with van der Waals surface area (Å²) >= 11 is 0. The number of nitrogens with zero attached hydrogens (tertiary/aromatic N) is 1. The Bertz CT molecular complexity index is 455. The molecule has 0 spiro atoms. The minimum atomic E-state index is -0.263. The first-order chi connectivity index (χ1) is 8.58. The van der Waals surface area contributed by atoms with E-state index < -0.39 is 0 Å². The van der Waals surface area contributed by atoms with Gasteiger partial charge in [0.05, 0.1) is 12.4 Å². The zero-order chi connectivity index (χ0) is 13.1. The van der Waals surface area contributed by atoms with Crippen LogP contribution in [-0.4, -0.2) is 49.6 Å². The fourth-order valence-electron chi connectivity index (χ4n) is 1.77. The van der Waals surface area contributed by atoms with Gasteiger partial charge in [0.1, 0.15) is 6.61 Å². The van der Waals surface area contributed by atoms with E-state index in [1.807, 2.05) is 6.92 Å². The molecule has 1 saturated heterocycles. The predicted octanol–water partition coefficient (Wildman–Crippen LogP) is 0.175. The first-order valence-corrected chi connectivity index (χ1v) is 5.76. The molecule has 6 nitrogen and oxygen atoms in total. The Balaban J connectivity index is 1.84. The minimum Gasteiger partial charge on any atom is -0.459 e. The highest BCUT2D eigenvalue weighted by Crippen LogP contribution is 2.09. The van der Waals surface area contributed by atoms with Gasteiger partial charge in [-0.3, -0.25) is 9.59 Å². The normalized spacial score (nSPS) is 20.0. The monoisotopic (exact) mass is 252 g/mol. The van der Waals surface area contributed by atoms with Crippen LogP contribution >= 0.6 is 0 Å². The van der Waals surface area contributed by atoms with Crippen molar-refractivity contribution in [1.29, 1.82) is 0 Å². The summed E-state index contributed by atoms with van der Waals surface area (Å²) in [5, 5.41) is 2.74. The summed E-state index contributed by atoms with van der Waals surface area (Å²) in [6.45, 7) is 2.71. The summed E-state index contributed by atoms with van der Waals surface area (Å²) in [6, 6.07) is 1.73. The number of carbonyl (C=O) groups excluding carboxylic acids is 2. The van der Waals surface area contributed by atoms with Crippen molar-refractivity contribution in [3.63, 3.8) is 0 Å². The molecule has 2 rings (SSSR count). The highest BCUT2D eigenvalue weighted by atomic mass is 16.5. The van der Waals surface area contributed by atoms with E-state index in [1.165, 1.54) is 6.26 Å². The molecule has 1 aliphatic heterocycles. The van der Waals surface area contributed by atoms with Crippen molar-refractivity contribution >= 4 is 11.8 Å². The van der Waals surface area contributed by atoms with Crippen molar-refractivity contribution in [2.24, 2.45) is 0 Å². The molecule has 0 aromatic carbocycles. The summed E-state index contributed by atoms with van der Waals surface area (Å²) in [4.78, 5) is 24.6. The van der Waals surface area contributed by atoms with Gasteiger partial charge < -0.3 is 19.4 Å². The lowest BCUT2D eigenvalue weighted by Crippen LogP contribution is -2.48. The van der Waals surface area contributed by atoms with E-state index in [1.54, 1.807) is 18.0 Å². The lowest BCUT2D eigenvalue weighted by atomic mass is 10.2. The average molecular weight is 252 g/mol. The molecular weight excluding hydrogens is 236 g/mol.